The second-order valence-corrected chi connectivity index (χ2v) is 2.81. The molecule has 0 aromatic rings. The molecule has 2 nitrogen and oxygen atoms in total. The van der Waals surface area contributed by atoms with Crippen LogP contribution in [0.4, 0.5) is 0 Å². The molecule has 0 N–H and O–H groups in total. The third kappa shape index (κ3) is 2.93. The van der Waals surface area contributed by atoms with E-state index in [9.17, 15) is 4.79 Å². The van der Waals surface area contributed by atoms with Crippen molar-refractivity contribution in [3.8, 4) is 0 Å². The molecule has 3 heteroatoms. The highest BCUT2D eigenvalue weighted by Crippen LogP contribution is 2.20. The third-order valence-electron chi connectivity index (χ3n) is 1.76. The van der Waals surface area contributed by atoms with Crippen LogP contribution in [0.1, 0.15) is 19.3 Å². The molecule has 0 radical (unpaired) electrons. The molecule has 0 fully saturated rings. The molecule has 1 aliphatic rings. The van der Waals surface area contributed by atoms with E-state index in [0.29, 0.717) is 12.3 Å². The van der Waals surface area contributed by atoms with Crippen LogP contribution < -0.4 is 0 Å². The van der Waals surface area contributed by atoms with E-state index >= 15 is 0 Å². The maximum Gasteiger partial charge on any atom is 0.307 e. The Morgan fingerprint density at radius 1 is 1.73 bits per heavy atom. The summed E-state index contributed by atoms with van der Waals surface area (Å²) in [5, 5.41) is 0. The lowest BCUT2D eigenvalue weighted by molar-refractivity contribution is -0.142. The molecule has 0 saturated carbocycles. The second-order valence-electron chi connectivity index (χ2n) is 2.60. The summed E-state index contributed by atoms with van der Waals surface area (Å²) >= 11 is 5.22. The Bertz CT molecular complexity index is 165. The molecule has 62 valence electrons. The summed E-state index contributed by atoms with van der Waals surface area (Å²) in [5.74, 6) is 0.183. The summed E-state index contributed by atoms with van der Waals surface area (Å²) in [6, 6.07) is -0.0325. The monoisotopic (exact) mass is 174 g/mol. The van der Waals surface area contributed by atoms with Gasteiger partial charge in [-0.2, -0.15) is 0 Å². The minimum Gasteiger partial charge on any atom is -0.449 e. The Morgan fingerprint density at radius 3 is 3.09 bits per heavy atom. The first-order valence-corrected chi connectivity index (χ1v) is 4.24. The zero-order valence-corrected chi connectivity index (χ0v) is 7.01. The van der Waals surface area contributed by atoms with Gasteiger partial charge in [0.15, 0.2) is 6.07 Å². The molecule has 1 unspecified atom stereocenters. The number of halogens is 1. The van der Waals surface area contributed by atoms with Gasteiger partial charge in [-0.05, 0) is 18.8 Å². The number of alkyl halides is 1. The maximum atomic E-state index is 10.9. The van der Waals surface area contributed by atoms with E-state index in [1.165, 1.54) is 0 Å². The molecule has 1 rings (SSSR count). The van der Waals surface area contributed by atoms with Crippen LogP contribution in [-0.4, -0.2) is 12.0 Å². The van der Waals surface area contributed by atoms with Crippen LogP contribution in [-0.2, 0) is 9.53 Å². The number of esters is 1. The van der Waals surface area contributed by atoms with Crippen LogP contribution in [0.5, 0.6) is 0 Å². The van der Waals surface area contributed by atoms with Gasteiger partial charge in [0.1, 0.15) is 0 Å². The van der Waals surface area contributed by atoms with Crippen molar-refractivity contribution in [3.63, 3.8) is 0 Å². The molecule has 0 saturated heterocycles. The lowest BCUT2D eigenvalue weighted by atomic mass is 10.1. The first kappa shape index (κ1) is 8.60. The van der Waals surface area contributed by atoms with E-state index in [0.717, 1.165) is 12.8 Å². The van der Waals surface area contributed by atoms with Gasteiger partial charge >= 0.3 is 5.97 Å². The predicted octanol–water partition coefficient (Wildman–Crippen LogP) is 2.08. The lowest BCUT2D eigenvalue weighted by Gasteiger charge is -2.04. The maximum absolute atomic E-state index is 10.9. The van der Waals surface area contributed by atoms with Gasteiger partial charge in [-0.1, -0.05) is 23.8 Å². The van der Waals surface area contributed by atoms with Crippen molar-refractivity contribution < 1.29 is 9.53 Å². The summed E-state index contributed by atoms with van der Waals surface area (Å²) in [7, 11) is 0. The van der Waals surface area contributed by atoms with Crippen LogP contribution >= 0.6 is 11.6 Å². The van der Waals surface area contributed by atoms with Crippen molar-refractivity contribution in [2.75, 3.05) is 6.07 Å². The summed E-state index contributed by atoms with van der Waals surface area (Å²) < 4.78 is 4.60. The highest BCUT2D eigenvalue weighted by atomic mass is 35.5. The highest BCUT2D eigenvalue weighted by molar-refractivity contribution is 6.17. The standard InChI is InChI=1S/C8H11ClO2/c9-6-11-8(10)5-7-3-1-2-4-7/h1,3,7H,2,4-6H2. The minimum atomic E-state index is -0.198. The molecule has 0 spiro atoms. The van der Waals surface area contributed by atoms with Crippen LogP contribution in [0, 0.1) is 5.92 Å². The number of hydrogen-bond donors (Lipinski definition) is 0. The minimum absolute atomic E-state index is 0.0325. The Kier molecular flexibility index (Phi) is 3.43. The van der Waals surface area contributed by atoms with Gasteiger partial charge in [0, 0.05) is 0 Å². The van der Waals surface area contributed by atoms with E-state index in [2.05, 4.69) is 16.9 Å². The molecular formula is C8H11ClO2. The van der Waals surface area contributed by atoms with Crippen molar-refractivity contribution in [1.29, 1.82) is 0 Å². The second kappa shape index (κ2) is 4.39. The normalized spacial score (nSPS) is 22.1. The van der Waals surface area contributed by atoms with E-state index in [1.54, 1.807) is 0 Å². The summed E-state index contributed by atoms with van der Waals surface area (Å²) in [6.45, 7) is 0. The molecule has 11 heavy (non-hydrogen) atoms. The van der Waals surface area contributed by atoms with Crippen LogP contribution in [0.15, 0.2) is 12.2 Å². The quantitative estimate of drug-likeness (QED) is 0.372. The Balaban J connectivity index is 2.19. The zero-order valence-electron chi connectivity index (χ0n) is 6.25. The topological polar surface area (TPSA) is 26.3 Å². The van der Waals surface area contributed by atoms with E-state index < -0.39 is 0 Å². The highest BCUT2D eigenvalue weighted by Gasteiger charge is 2.14. The van der Waals surface area contributed by atoms with Crippen molar-refractivity contribution in [3.05, 3.63) is 12.2 Å². The smallest absolute Gasteiger partial charge is 0.307 e. The van der Waals surface area contributed by atoms with Crippen molar-refractivity contribution in [1.82, 2.24) is 0 Å². The molecule has 0 aromatic heterocycles. The molecule has 0 bridgehead atoms. The number of allylic oxidation sites excluding steroid dienone is 2. The van der Waals surface area contributed by atoms with Crippen molar-refractivity contribution >= 4 is 17.6 Å². The third-order valence-corrected chi connectivity index (χ3v) is 1.87. The average molecular weight is 175 g/mol. The Morgan fingerprint density at radius 2 is 2.55 bits per heavy atom. The summed E-state index contributed by atoms with van der Waals surface area (Å²) in [6.07, 6.45) is 6.79. The molecule has 0 amide bonds. The molecular weight excluding hydrogens is 164 g/mol. The fourth-order valence-corrected chi connectivity index (χ4v) is 1.32. The number of carbonyl (C=O) groups excluding carboxylic acids is 1. The molecule has 1 atom stereocenters. The number of ether oxygens (including phenoxy) is 1. The fraction of sp³-hybridized carbons (Fsp3) is 0.625. The number of rotatable bonds is 3. The molecule has 0 aromatic carbocycles. The molecule has 0 heterocycles. The van der Waals surface area contributed by atoms with Gasteiger partial charge in [0.2, 0.25) is 0 Å². The number of hydrogen-bond acceptors (Lipinski definition) is 2. The first-order chi connectivity index (χ1) is 5.33. The first-order valence-electron chi connectivity index (χ1n) is 3.71. The van der Waals surface area contributed by atoms with Gasteiger partial charge in [0.25, 0.3) is 0 Å². The van der Waals surface area contributed by atoms with E-state index in [-0.39, 0.29) is 12.0 Å². The molecule has 0 aliphatic heterocycles. The Labute approximate surface area is 71.2 Å². The zero-order chi connectivity index (χ0) is 8.10. The van der Waals surface area contributed by atoms with Gasteiger partial charge in [-0.15, -0.1) is 0 Å². The van der Waals surface area contributed by atoms with Crippen molar-refractivity contribution in [2.45, 2.75) is 19.3 Å². The fourth-order valence-electron chi connectivity index (χ4n) is 1.20. The van der Waals surface area contributed by atoms with Crippen LogP contribution in [0.25, 0.3) is 0 Å². The lowest BCUT2D eigenvalue weighted by Crippen LogP contribution is -2.07. The van der Waals surface area contributed by atoms with Gasteiger partial charge in [-0.3, -0.25) is 4.79 Å². The SMILES string of the molecule is O=C(CC1C=CCC1)OCCl. The average Bonchev–Trinajstić information content (AvgIpc) is 2.40. The van der Waals surface area contributed by atoms with Crippen LogP contribution in [0.2, 0.25) is 0 Å². The largest absolute Gasteiger partial charge is 0.449 e. The van der Waals surface area contributed by atoms with Gasteiger partial charge in [0.05, 0.1) is 6.42 Å². The molecule has 1 aliphatic carbocycles. The predicted molar refractivity (Wildman–Crippen MR) is 43.3 cm³/mol. The van der Waals surface area contributed by atoms with Crippen LogP contribution in [0.3, 0.4) is 0 Å². The van der Waals surface area contributed by atoms with E-state index in [4.69, 9.17) is 11.6 Å². The Hall–Kier alpha value is -0.500. The van der Waals surface area contributed by atoms with Gasteiger partial charge in [-0.25, -0.2) is 0 Å². The number of carbonyl (C=O) groups is 1. The summed E-state index contributed by atoms with van der Waals surface area (Å²) in [4.78, 5) is 10.9. The van der Waals surface area contributed by atoms with E-state index in [1.807, 2.05) is 0 Å². The summed E-state index contributed by atoms with van der Waals surface area (Å²) in [5.41, 5.74) is 0. The van der Waals surface area contributed by atoms with Gasteiger partial charge < -0.3 is 4.74 Å². The van der Waals surface area contributed by atoms with Crippen molar-refractivity contribution in [2.24, 2.45) is 5.92 Å².